The van der Waals surface area contributed by atoms with E-state index in [-0.39, 0.29) is 0 Å². The molecule has 302 valence electrons. The van der Waals surface area contributed by atoms with Gasteiger partial charge < -0.3 is 9.13 Å². The molecule has 0 saturated heterocycles. The minimum Gasteiger partial charge on any atom is -0.309 e. The van der Waals surface area contributed by atoms with Crippen LogP contribution >= 0.6 is 0 Å². The predicted molar refractivity (Wildman–Crippen MR) is 264 cm³/mol. The molecule has 0 unspecified atom stereocenters. The molecule has 0 bridgehead atoms. The number of benzene rings is 9. The minimum absolute atomic E-state index is 0.522. The lowest BCUT2D eigenvalue weighted by molar-refractivity contribution is 0.953. The molecule has 0 fully saturated rings. The fraction of sp³-hybridized carbons (Fsp3) is 0. The van der Waals surface area contributed by atoms with Gasteiger partial charge in [0.25, 0.3) is 0 Å². The number of hydrogen-bond acceptors (Lipinski definition) is 4. The Labute approximate surface area is 373 Å². The summed E-state index contributed by atoms with van der Waals surface area (Å²) in [6.45, 7) is 0. The molecule has 0 radical (unpaired) electrons. The van der Waals surface area contributed by atoms with Crippen molar-refractivity contribution < 1.29 is 0 Å². The summed E-state index contributed by atoms with van der Waals surface area (Å²) < 4.78 is 6.90. The second-order valence-electron chi connectivity index (χ2n) is 16.3. The number of rotatable bonds is 6. The van der Waals surface area contributed by atoms with E-state index in [4.69, 9.17) is 15.0 Å². The van der Waals surface area contributed by atoms with Gasteiger partial charge in [0.05, 0.1) is 50.4 Å². The van der Waals surface area contributed by atoms with Gasteiger partial charge in [-0.2, -0.15) is 15.2 Å². The molecule has 7 nitrogen and oxygen atoms in total. The van der Waals surface area contributed by atoms with Crippen molar-refractivity contribution in [1.29, 1.82) is 5.26 Å². The van der Waals surface area contributed by atoms with Gasteiger partial charge in [0.2, 0.25) is 5.95 Å². The van der Waals surface area contributed by atoms with Gasteiger partial charge in [0, 0.05) is 60.3 Å². The van der Waals surface area contributed by atoms with Gasteiger partial charge in [-0.25, -0.2) is 4.98 Å². The molecule has 13 aromatic rings. The number of hydrogen-bond donors (Lipinski definition) is 0. The Morgan fingerprint density at radius 3 is 1.58 bits per heavy atom. The van der Waals surface area contributed by atoms with Crippen molar-refractivity contribution in [3.8, 4) is 57.3 Å². The lowest BCUT2D eigenvalue weighted by atomic mass is 9.96. The van der Waals surface area contributed by atoms with Crippen LogP contribution in [0.2, 0.25) is 0 Å². The third-order valence-corrected chi connectivity index (χ3v) is 12.8. The number of para-hydroxylation sites is 5. The summed E-state index contributed by atoms with van der Waals surface area (Å²) in [6.07, 6.45) is 0. The van der Waals surface area contributed by atoms with Gasteiger partial charge in [0.1, 0.15) is 0 Å². The van der Waals surface area contributed by atoms with Crippen LogP contribution in [-0.4, -0.2) is 28.7 Å². The highest BCUT2D eigenvalue weighted by atomic mass is 15.2. The Balaban J connectivity index is 1.12. The summed E-state index contributed by atoms with van der Waals surface area (Å²) in [5.74, 6) is 1.61. The molecule has 13 rings (SSSR count). The summed E-state index contributed by atoms with van der Waals surface area (Å²) in [6, 6.07) is 76.0. The molecule has 4 aromatic heterocycles. The van der Waals surface area contributed by atoms with Crippen LogP contribution in [0.15, 0.2) is 212 Å². The molecule has 9 aromatic carbocycles. The van der Waals surface area contributed by atoms with E-state index >= 15 is 0 Å². The molecule has 0 saturated carbocycles. The van der Waals surface area contributed by atoms with Crippen LogP contribution in [-0.2, 0) is 0 Å². The lowest BCUT2D eigenvalue weighted by Crippen LogP contribution is -2.07. The average Bonchev–Trinajstić information content (AvgIpc) is 4.02. The van der Waals surface area contributed by atoms with Crippen LogP contribution in [0.5, 0.6) is 0 Å². The molecule has 7 heteroatoms. The van der Waals surface area contributed by atoms with Gasteiger partial charge in [-0.3, -0.25) is 4.57 Å². The maximum Gasteiger partial charge on any atom is 0.238 e. The van der Waals surface area contributed by atoms with Crippen molar-refractivity contribution >= 4 is 65.4 Å². The minimum atomic E-state index is 0.522. The standard InChI is InChI=1S/C58H35N7/c59-36-39-19-7-8-22-41(39)47-35-38(57-60-56(37-17-3-1-4-18-37)61-58(62-57)65-49-28-14-9-23-42(49)43-24-10-15-29-50(43)65)31-33-52(47)64-48-27-13-11-25-44(48)45-32-34-53-54(55(45)64)46-26-12-16-30-51(46)63(53)40-20-5-2-6-21-40/h1-35H. The van der Waals surface area contributed by atoms with E-state index in [0.717, 1.165) is 99.0 Å². The van der Waals surface area contributed by atoms with Crippen molar-refractivity contribution in [1.82, 2.24) is 28.7 Å². The third kappa shape index (κ3) is 5.58. The number of aromatic nitrogens is 6. The van der Waals surface area contributed by atoms with E-state index in [1.165, 1.54) is 0 Å². The van der Waals surface area contributed by atoms with E-state index in [9.17, 15) is 5.26 Å². The molecule has 0 aliphatic heterocycles. The van der Waals surface area contributed by atoms with Crippen LogP contribution in [0, 0.1) is 11.3 Å². The smallest absolute Gasteiger partial charge is 0.238 e. The first-order valence-electron chi connectivity index (χ1n) is 21.7. The van der Waals surface area contributed by atoms with Gasteiger partial charge in [-0.05, 0) is 66.7 Å². The van der Waals surface area contributed by atoms with E-state index in [2.05, 4.69) is 177 Å². The molecule has 0 aliphatic rings. The first-order chi connectivity index (χ1) is 32.2. The summed E-state index contributed by atoms with van der Waals surface area (Å²) in [7, 11) is 0. The van der Waals surface area contributed by atoms with E-state index in [0.29, 0.717) is 23.2 Å². The maximum absolute atomic E-state index is 10.7. The van der Waals surface area contributed by atoms with E-state index < -0.39 is 0 Å². The van der Waals surface area contributed by atoms with Gasteiger partial charge in [-0.1, -0.05) is 146 Å². The molecule has 0 spiro atoms. The summed E-state index contributed by atoms with van der Waals surface area (Å²) in [5, 5.41) is 17.5. The van der Waals surface area contributed by atoms with Crippen LogP contribution < -0.4 is 0 Å². The maximum atomic E-state index is 10.7. The fourth-order valence-electron chi connectivity index (χ4n) is 9.96. The zero-order valence-electron chi connectivity index (χ0n) is 34.8. The number of nitriles is 1. The van der Waals surface area contributed by atoms with E-state index in [1.54, 1.807) is 0 Å². The molecule has 0 amide bonds. The zero-order valence-corrected chi connectivity index (χ0v) is 34.8. The summed E-state index contributed by atoms with van der Waals surface area (Å²) in [4.78, 5) is 15.7. The molecule has 65 heavy (non-hydrogen) atoms. The Morgan fingerprint density at radius 2 is 0.908 bits per heavy atom. The zero-order chi connectivity index (χ0) is 43.0. The molecular formula is C58H35N7. The molecular weight excluding hydrogens is 795 g/mol. The van der Waals surface area contributed by atoms with E-state index in [1.807, 2.05) is 54.6 Å². The fourth-order valence-corrected chi connectivity index (χ4v) is 9.96. The molecule has 0 aliphatic carbocycles. The normalized spacial score (nSPS) is 11.7. The molecule has 0 atom stereocenters. The first-order valence-corrected chi connectivity index (χ1v) is 21.7. The molecule has 4 heterocycles. The van der Waals surface area contributed by atoms with Crippen molar-refractivity contribution in [3.05, 3.63) is 218 Å². The first kappa shape index (κ1) is 36.5. The highest BCUT2D eigenvalue weighted by molar-refractivity contribution is 6.26. The predicted octanol–water partition coefficient (Wildman–Crippen LogP) is 14.0. The van der Waals surface area contributed by atoms with Crippen molar-refractivity contribution in [3.63, 3.8) is 0 Å². The Kier molecular flexibility index (Phi) is 8.14. The molecule has 0 N–H and O–H groups in total. The van der Waals surface area contributed by atoms with Gasteiger partial charge in [0.15, 0.2) is 11.6 Å². The monoisotopic (exact) mass is 829 g/mol. The van der Waals surface area contributed by atoms with Gasteiger partial charge >= 0.3 is 0 Å². The van der Waals surface area contributed by atoms with Gasteiger partial charge in [-0.15, -0.1) is 0 Å². The summed E-state index contributed by atoms with van der Waals surface area (Å²) in [5.41, 5.74) is 12.4. The highest BCUT2D eigenvalue weighted by Gasteiger charge is 2.24. The van der Waals surface area contributed by atoms with Crippen molar-refractivity contribution in [2.45, 2.75) is 0 Å². The van der Waals surface area contributed by atoms with Crippen molar-refractivity contribution in [2.75, 3.05) is 0 Å². The quantitative estimate of drug-likeness (QED) is 0.167. The van der Waals surface area contributed by atoms with Crippen LogP contribution in [0.3, 0.4) is 0 Å². The largest absolute Gasteiger partial charge is 0.309 e. The number of fused-ring (bicyclic) bond motifs is 10. The van der Waals surface area contributed by atoms with Crippen LogP contribution in [0.1, 0.15) is 5.56 Å². The topological polar surface area (TPSA) is 77.2 Å². The lowest BCUT2D eigenvalue weighted by Gasteiger charge is -2.17. The van der Waals surface area contributed by atoms with Crippen LogP contribution in [0.25, 0.3) is 117 Å². The van der Waals surface area contributed by atoms with Crippen LogP contribution in [0.4, 0.5) is 0 Å². The SMILES string of the molecule is N#Cc1ccccc1-c1cc(-c2nc(-c3ccccc3)nc(-n3c4ccccc4c4ccccc43)n2)ccc1-n1c2ccccc2c2ccc3c(c4ccccc4n3-c3ccccc3)c21. The second-order valence-corrected chi connectivity index (χ2v) is 16.3. The third-order valence-electron chi connectivity index (χ3n) is 12.8. The Bertz CT molecular complexity index is 4020. The summed E-state index contributed by atoms with van der Waals surface area (Å²) >= 11 is 0. The van der Waals surface area contributed by atoms with Crippen molar-refractivity contribution in [2.24, 2.45) is 0 Å². The number of nitrogens with zero attached hydrogens (tertiary/aromatic N) is 7. The Hall–Kier alpha value is -9.12. The highest BCUT2D eigenvalue weighted by Crippen LogP contribution is 2.44. The second kappa shape index (κ2) is 14.5. The average molecular weight is 830 g/mol. The Morgan fingerprint density at radius 1 is 0.369 bits per heavy atom.